The molecule has 0 aromatic rings. The number of rotatable bonds is 1. The zero-order valence-corrected chi connectivity index (χ0v) is 11.5. The Morgan fingerprint density at radius 1 is 1.18 bits per heavy atom. The molecule has 0 fully saturated rings. The summed E-state index contributed by atoms with van der Waals surface area (Å²) >= 11 is 0. The summed E-state index contributed by atoms with van der Waals surface area (Å²) in [5, 5.41) is 20.5. The number of aliphatic hydroxyl groups is 2. The monoisotopic (exact) mass is 238 g/mol. The molecule has 0 spiro atoms. The molecule has 0 aliphatic heterocycles. The molecule has 3 unspecified atom stereocenters. The van der Waals surface area contributed by atoms with Crippen molar-refractivity contribution >= 4 is 0 Å². The first-order valence-corrected chi connectivity index (χ1v) is 6.61. The summed E-state index contributed by atoms with van der Waals surface area (Å²) in [6.07, 6.45) is 5.80. The summed E-state index contributed by atoms with van der Waals surface area (Å²) < 4.78 is 0. The average molecular weight is 238 g/mol. The number of hydrogen-bond acceptors (Lipinski definition) is 2. The van der Waals surface area contributed by atoms with Crippen LogP contribution in [0.3, 0.4) is 0 Å². The highest BCUT2D eigenvalue weighted by atomic mass is 16.3. The molecule has 1 aliphatic rings. The van der Waals surface area contributed by atoms with Gasteiger partial charge in [0.25, 0.3) is 0 Å². The van der Waals surface area contributed by atoms with Crippen LogP contribution in [0.25, 0.3) is 0 Å². The van der Waals surface area contributed by atoms with Crippen molar-refractivity contribution in [3.05, 3.63) is 23.3 Å². The maximum Gasteiger partial charge on any atom is 0.0778 e. The van der Waals surface area contributed by atoms with Gasteiger partial charge in [-0.1, -0.05) is 37.1 Å². The maximum absolute atomic E-state index is 10.3. The molecule has 0 amide bonds. The Morgan fingerprint density at radius 3 is 2.41 bits per heavy atom. The zero-order chi connectivity index (χ0) is 13.0. The minimum atomic E-state index is -0.532. The van der Waals surface area contributed by atoms with Gasteiger partial charge in [-0.25, -0.2) is 0 Å². The van der Waals surface area contributed by atoms with Gasteiger partial charge in [-0.3, -0.25) is 0 Å². The Morgan fingerprint density at radius 2 is 1.82 bits per heavy atom. The van der Waals surface area contributed by atoms with Gasteiger partial charge >= 0.3 is 0 Å². The molecule has 0 saturated heterocycles. The van der Waals surface area contributed by atoms with E-state index in [-0.39, 0.29) is 11.8 Å². The standard InChI is InChI=1S/C15H26O2/c1-10(2)15-13(16)8-11(3)6-5-7-12(4)9-14(15)17/h6,9-10,13-17H,5,7-8H2,1-4H3/b11-6-,12-9+. The van der Waals surface area contributed by atoms with Gasteiger partial charge in [-0.2, -0.15) is 0 Å². The van der Waals surface area contributed by atoms with E-state index in [0.29, 0.717) is 6.42 Å². The second kappa shape index (κ2) is 6.36. The van der Waals surface area contributed by atoms with Crippen LogP contribution in [0.1, 0.15) is 47.0 Å². The molecule has 1 aliphatic carbocycles. The third-order valence-electron chi connectivity index (χ3n) is 3.63. The Kier molecular flexibility index (Phi) is 5.41. The molecule has 98 valence electrons. The zero-order valence-electron chi connectivity index (χ0n) is 11.5. The van der Waals surface area contributed by atoms with Crippen molar-refractivity contribution in [3.63, 3.8) is 0 Å². The molecule has 0 heterocycles. The number of hydrogen-bond donors (Lipinski definition) is 2. The molecule has 2 heteroatoms. The van der Waals surface area contributed by atoms with Gasteiger partial charge in [0.2, 0.25) is 0 Å². The van der Waals surface area contributed by atoms with Crippen molar-refractivity contribution in [1.29, 1.82) is 0 Å². The second-order valence-electron chi connectivity index (χ2n) is 5.69. The molecule has 17 heavy (non-hydrogen) atoms. The topological polar surface area (TPSA) is 40.5 Å². The van der Waals surface area contributed by atoms with Gasteiger partial charge in [-0.15, -0.1) is 0 Å². The lowest BCUT2D eigenvalue weighted by molar-refractivity contribution is 0.0101. The lowest BCUT2D eigenvalue weighted by Crippen LogP contribution is -2.35. The summed E-state index contributed by atoms with van der Waals surface area (Å²) in [5.41, 5.74) is 2.44. The predicted octanol–water partition coefficient (Wildman–Crippen LogP) is 3.06. The SMILES string of the molecule is C/C1=C/CC/C(C)=C/C(O)C(C(C)C)C(O)C1. The highest BCUT2D eigenvalue weighted by Crippen LogP contribution is 2.27. The van der Waals surface area contributed by atoms with Gasteiger partial charge in [0.15, 0.2) is 0 Å². The fourth-order valence-corrected chi connectivity index (χ4v) is 2.65. The van der Waals surface area contributed by atoms with Crippen LogP contribution in [-0.4, -0.2) is 22.4 Å². The lowest BCUT2D eigenvalue weighted by Gasteiger charge is -2.30. The van der Waals surface area contributed by atoms with E-state index < -0.39 is 12.2 Å². The first kappa shape index (κ1) is 14.5. The van der Waals surface area contributed by atoms with E-state index in [9.17, 15) is 10.2 Å². The Hall–Kier alpha value is -0.600. The molecular formula is C15H26O2. The lowest BCUT2D eigenvalue weighted by atomic mass is 9.81. The summed E-state index contributed by atoms with van der Waals surface area (Å²) in [7, 11) is 0. The molecule has 2 nitrogen and oxygen atoms in total. The highest BCUT2D eigenvalue weighted by molar-refractivity contribution is 5.10. The van der Waals surface area contributed by atoms with Crippen LogP contribution >= 0.6 is 0 Å². The van der Waals surface area contributed by atoms with Crippen LogP contribution < -0.4 is 0 Å². The normalized spacial score (nSPS) is 38.2. The van der Waals surface area contributed by atoms with E-state index in [1.165, 1.54) is 11.1 Å². The van der Waals surface area contributed by atoms with Crippen LogP contribution in [0.4, 0.5) is 0 Å². The van der Waals surface area contributed by atoms with Crippen LogP contribution in [0.15, 0.2) is 23.3 Å². The molecule has 0 radical (unpaired) electrons. The highest BCUT2D eigenvalue weighted by Gasteiger charge is 2.29. The minimum Gasteiger partial charge on any atom is -0.392 e. The quantitative estimate of drug-likeness (QED) is 0.689. The molecule has 2 N–H and O–H groups in total. The third kappa shape index (κ3) is 4.29. The Balaban J connectivity index is 2.95. The summed E-state index contributed by atoms with van der Waals surface area (Å²) in [6.45, 7) is 8.24. The molecule has 0 aromatic heterocycles. The van der Waals surface area contributed by atoms with Gasteiger partial charge < -0.3 is 10.2 Å². The van der Waals surface area contributed by atoms with Gasteiger partial charge in [0.1, 0.15) is 0 Å². The number of allylic oxidation sites excluding steroid dienone is 2. The van der Waals surface area contributed by atoms with Gasteiger partial charge in [-0.05, 0) is 39.0 Å². The van der Waals surface area contributed by atoms with Crippen molar-refractivity contribution in [3.8, 4) is 0 Å². The van der Waals surface area contributed by atoms with E-state index in [0.717, 1.165) is 12.8 Å². The van der Waals surface area contributed by atoms with Crippen LogP contribution in [0.2, 0.25) is 0 Å². The van der Waals surface area contributed by atoms with Crippen molar-refractivity contribution in [2.45, 2.75) is 59.2 Å². The average Bonchev–Trinajstić information content (AvgIpc) is 2.14. The first-order valence-electron chi connectivity index (χ1n) is 6.61. The molecular weight excluding hydrogens is 212 g/mol. The second-order valence-corrected chi connectivity index (χ2v) is 5.69. The fourth-order valence-electron chi connectivity index (χ4n) is 2.65. The first-order chi connectivity index (χ1) is 7.91. The maximum atomic E-state index is 10.3. The smallest absolute Gasteiger partial charge is 0.0778 e. The van der Waals surface area contributed by atoms with E-state index >= 15 is 0 Å². The largest absolute Gasteiger partial charge is 0.392 e. The van der Waals surface area contributed by atoms with Gasteiger partial charge in [0.05, 0.1) is 12.2 Å². The fraction of sp³-hybridized carbons (Fsp3) is 0.733. The minimum absolute atomic E-state index is 0.0774. The third-order valence-corrected chi connectivity index (χ3v) is 3.63. The Labute approximate surface area is 105 Å². The summed E-state index contributed by atoms with van der Waals surface area (Å²) in [5.74, 6) is 0.197. The molecule has 3 atom stereocenters. The molecule has 0 saturated carbocycles. The van der Waals surface area contributed by atoms with E-state index in [1.54, 1.807) is 0 Å². The summed E-state index contributed by atoms with van der Waals surface area (Å²) in [4.78, 5) is 0. The molecule has 1 rings (SSSR count). The van der Waals surface area contributed by atoms with Crippen LogP contribution in [-0.2, 0) is 0 Å². The number of aliphatic hydroxyl groups excluding tert-OH is 2. The van der Waals surface area contributed by atoms with Crippen molar-refractivity contribution < 1.29 is 10.2 Å². The summed E-state index contributed by atoms with van der Waals surface area (Å²) in [6, 6.07) is 0. The molecule has 0 aromatic carbocycles. The van der Waals surface area contributed by atoms with Crippen molar-refractivity contribution in [2.75, 3.05) is 0 Å². The molecule has 0 bridgehead atoms. The van der Waals surface area contributed by atoms with Gasteiger partial charge in [0, 0.05) is 5.92 Å². The van der Waals surface area contributed by atoms with E-state index in [1.807, 2.05) is 6.08 Å². The van der Waals surface area contributed by atoms with Crippen LogP contribution in [0, 0.1) is 11.8 Å². The van der Waals surface area contributed by atoms with Crippen molar-refractivity contribution in [1.82, 2.24) is 0 Å². The van der Waals surface area contributed by atoms with Crippen molar-refractivity contribution in [2.24, 2.45) is 11.8 Å². The van der Waals surface area contributed by atoms with Crippen LogP contribution in [0.5, 0.6) is 0 Å². The van der Waals surface area contributed by atoms with E-state index in [2.05, 4.69) is 33.8 Å². The predicted molar refractivity (Wildman–Crippen MR) is 71.7 cm³/mol. The van der Waals surface area contributed by atoms with E-state index in [4.69, 9.17) is 0 Å². The Bertz CT molecular complexity index is 302.